The van der Waals surface area contributed by atoms with E-state index in [4.69, 9.17) is 9.47 Å². The van der Waals surface area contributed by atoms with Gasteiger partial charge in [0.05, 0.1) is 25.2 Å². The normalized spacial score (nSPS) is 17.0. The molecule has 8 heteroatoms. The van der Waals surface area contributed by atoms with Crippen molar-refractivity contribution in [2.75, 3.05) is 13.7 Å². The Kier molecular flexibility index (Phi) is 5.63. The lowest BCUT2D eigenvalue weighted by Gasteiger charge is -2.23. The Morgan fingerprint density at radius 1 is 1.10 bits per heavy atom. The van der Waals surface area contributed by atoms with Gasteiger partial charge in [0.2, 0.25) is 0 Å². The molecule has 5 nitrogen and oxygen atoms in total. The standard InChI is InChI=1S/C21H17F3O5/c1-12-11-28-19(17(18(12)25)20(26)27-2)13-6-8-15(9-7-13)29-16-5-3-4-14(10-16)21(22,23)24/h3-10,12H,11H2,1-2H3. The van der Waals surface area contributed by atoms with Crippen molar-refractivity contribution in [2.45, 2.75) is 13.1 Å². The Hall–Kier alpha value is -3.29. The van der Waals surface area contributed by atoms with Gasteiger partial charge in [-0.1, -0.05) is 13.0 Å². The number of rotatable bonds is 4. The zero-order valence-electron chi connectivity index (χ0n) is 15.6. The summed E-state index contributed by atoms with van der Waals surface area (Å²) in [5, 5.41) is 0. The highest BCUT2D eigenvalue weighted by molar-refractivity contribution is 6.23. The molecule has 0 amide bonds. The lowest BCUT2D eigenvalue weighted by Crippen LogP contribution is -2.30. The first-order chi connectivity index (χ1) is 13.7. The molecule has 0 bridgehead atoms. The minimum absolute atomic E-state index is 0.0277. The maximum absolute atomic E-state index is 12.8. The van der Waals surface area contributed by atoms with Crippen LogP contribution in [0.25, 0.3) is 5.76 Å². The quantitative estimate of drug-likeness (QED) is 0.548. The molecular weight excluding hydrogens is 389 g/mol. The average Bonchev–Trinajstić information content (AvgIpc) is 2.69. The highest BCUT2D eigenvalue weighted by Crippen LogP contribution is 2.34. The number of ketones is 1. The Bertz CT molecular complexity index is 961. The van der Waals surface area contributed by atoms with Crippen LogP contribution >= 0.6 is 0 Å². The van der Waals surface area contributed by atoms with Gasteiger partial charge in [-0.05, 0) is 42.5 Å². The van der Waals surface area contributed by atoms with Crippen LogP contribution in [0, 0.1) is 5.92 Å². The molecule has 1 aliphatic heterocycles. The molecule has 3 rings (SSSR count). The monoisotopic (exact) mass is 406 g/mol. The molecule has 0 aromatic heterocycles. The zero-order chi connectivity index (χ0) is 21.2. The first-order valence-corrected chi connectivity index (χ1v) is 8.66. The molecule has 1 aliphatic rings. The third kappa shape index (κ3) is 4.42. The van der Waals surface area contributed by atoms with Crippen molar-refractivity contribution in [3.63, 3.8) is 0 Å². The molecule has 0 spiro atoms. The highest BCUT2D eigenvalue weighted by atomic mass is 19.4. The number of Topliss-reactive ketones (excluding diaryl/α,β-unsaturated/α-hetero) is 1. The number of carbonyl (C=O) groups is 2. The second-order valence-electron chi connectivity index (χ2n) is 6.42. The molecule has 1 unspecified atom stereocenters. The van der Waals surface area contributed by atoms with Crippen LogP contribution < -0.4 is 4.74 Å². The molecule has 0 saturated carbocycles. The van der Waals surface area contributed by atoms with E-state index in [1.54, 1.807) is 19.1 Å². The first-order valence-electron chi connectivity index (χ1n) is 8.66. The number of halogens is 3. The minimum Gasteiger partial charge on any atom is -0.491 e. The van der Waals surface area contributed by atoms with Gasteiger partial charge in [0.1, 0.15) is 22.8 Å². The van der Waals surface area contributed by atoms with Crippen LogP contribution in [0.5, 0.6) is 11.5 Å². The van der Waals surface area contributed by atoms with E-state index < -0.39 is 23.6 Å². The number of benzene rings is 2. The molecule has 0 fully saturated rings. The smallest absolute Gasteiger partial charge is 0.416 e. The summed E-state index contributed by atoms with van der Waals surface area (Å²) in [6.07, 6.45) is -4.47. The second-order valence-corrected chi connectivity index (χ2v) is 6.42. The third-order valence-electron chi connectivity index (χ3n) is 4.30. The topological polar surface area (TPSA) is 61.8 Å². The summed E-state index contributed by atoms with van der Waals surface area (Å²) < 4.78 is 54.2. The summed E-state index contributed by atoms with van der Waals surface area (Å²) in [7, 11) is 1.17. The number of alkyl halides is 3. The summed E-state index contributed by atoms with van der Waals surface area (Å²) in [6.45, 7) is 1.77. The largest absolute Gasteiger partial charge is 0.491 e. The number of carbonyl (C=O) groups excluding carboxylic acids is 2. The van der Waals surface area contributed by atoms with E-state index in [2.05, 4.69) is 4.74 Å². The summed E-state index contributed by atoms with van der Waals surface area (Å²) in [5.41, 5.74) is -0.539. The molecule has 0 aliphatic carbocycles. The fraction of sp³-hybridized carbons (Fsp3) is 0.238. The van der Waals surface area contributed by atoms with E-state index in [0.29, 0.717) is 5.56 Å². The van der Waals surface area contributed by atoms with Gasteiger partial charge in [0.15, 0.2) is 5.78 Å². The Balaban J connectivity index is 1.87. The Morgan fingerprint density at radius 2 is 1.79 bits per heavy atom. The van der Waals surface area contributed by atoms with Crippen LogP contribution in [-0.2, 0) is 25.2 Å². The summed E-state index contributed by atoms with van der Waals surface area (Å²) in [4.78, 5) is 24.4. The number of hydrogen-bond acceptors (Lipinski definition) is 5. The molecule has 0 radical (unpaired) electrons. The van der Waals surface area contributed by atoms with Crippen LogP contribution in [-0.4, -0.2) is 25.5 Å². The van der Waals surface area contributed by atoms with E-state index in [1.165, 1.54) is 31.4 Å². The summed E-state index contributed by atoms with van der Waals surface area (Å²) in [5.74, 6) is -1.23. The van der Waals surface area contributed by atoms with Gasteiger partial charge in [-0.25, -0.2) is 4.79 Å². The van der Waals surface area contributed by atoms with Gasteiger partial charge in [-0.3, -0.25) is 4.79 Å². The van der Waals surface area contributed by atoms with E-state index in [0.717, 1.165) is 12.1 Å². The van der Waals surface area contributed by atoms with Gasteiger partial charge in [-0.15, -0.1) is 0 Å². The van der Waals surface area contributed by atoms with Gasteiger partial charge in [0.25, 0.3) is 0 Å². The molecule has 0 N–H and O–H groups in total. The van der Waals surface area contributed by atoms with Crippen molar-refractivity contribution in [3.05, 3.63) is 65.2 Å². The lowest BCUT2D eigenvalue weighted by atomic mass is 9.94. The molecular formula is C21H17F3O5. The van der Waals surface area contributed by atoms with Crippen LogP contribution in [0.4, 0.5) is 13.2 Å². The van der Waals surface area contributed by atoms with Crippen LogP contribution in [0.15, 0.2) is 54.1 Å². The minimum atomic E-state index is -4.47. The number of ether oxygens (including phenoxy) is 3. The van der Waals surface area contributed by atoms with Gasteiger partial charge in [0, 0.05) is 5.56 Å². The first kappa shape index (κ1) is 20.4. The van der Waals surface area contributed by atoms with Crippen LogP contribution in [0.1, 0.15) is 18.1 Å². The molecule has 2 aromatic rings. The summed E-state index contributed by atoms with van der Waals surface area (Å²) in [6, 6.07) is 10.6. The van der Waals surface area contributed by atoms with Crippen molar-refractivity contribution in [1.29, 1.82) is 0 Å². The predicted molar refractivity (Wildman–Crippen MR) is 97.0 cm³/mol. The zero-order valence-corrected chi connectivity index (χ0v) is 15.6. The number of methoxy groups -OCH3 is 1. The Labute approximate surface area is 164 Å². The van der Waals surface area contributed by atoms with Crippen molar-refractivity contribution in [2.24, 2.45) is 5.92 Å². The second kappa shape index (κ2) is 7.98. The number of hydrogen-bond donors (Lipinski definition) is 0. The average molecular weight is 406 g/mol. The van der Waals surface area contributed by atoms with Crippen LogP contribution in [0.3, 0.4) is 0 Å². The predicted octanol–water partition coefficient (Wildman–Crippen LogP) is 4.62. The fourth-order valence-electron chi connectivity index (χ4n) is 2.78. The summed E-state index contributed by atoms with van der Waals surface area (Å²) >= 11 is 0. The molecule has 152 valence electrons. The van der Waals surface area contributed by atoms with Gasteiger partial charge < -0.3 is 14.2 Å². The SMILES string of the molecule is COC(=O)C1=C(c2ccc(Oc3cccc(C(F)(F)F)c3)cc2)OCC(C)C1=O. The van der Waals surface area contributed by atoms with Crippen LogP contribution in [0.2, 0.25) is 0 Å². The van der Waals surface area contributed by atoms with Crippen molar-refractivity contribution >= 4 is 17.5 Å². The maximum Gasteiger partial charge on any atom is 0.416 e. The molecule has 2 aromatic carbocycles. The highest BCUT2D eigenvalue weighted by Gasteiger charge is 2.34. The Morgan fingerprint density at radius 3 is 2.41 bits per heavy atom. The van der Waals surface area contributed by atoms with E-state index in [-0.39, 0.29) is 35.2 Å². The van der Waals surface area contributed by atoms with E-state index in [9.17, 15) is 22.8 Å². The van der Waals surface area contributed by atoms with Gasteiger partial charge in [-0.2, -0.15) is 13.2 Å². The van der Waals surface area contributed by atoms with Crippen molar-refractivity contribution < 1.29 is 37.0 Å². The molecule has 1 heterocycles. The molecule has 29 heavy (non-hydrogen) atoms. The fourth-order valence-corrected chi connectivity index (χ4v) is 2.78. The maximum atomic E-state index is 12.8. The molecule has 1 atom stereocenters. The van der Waals surface area contributed by atoms with E-state index in [1.807, 2.05) is 0 Å². The van der Waals surface area contributed by atoms with Crippen molar-refractivity contribution in [3.8, 4) is 11.5 Å². The van der Waals surface area contributed by atoms with E-state index >= 15 is 0 Å². The van der Waals surface area contributed by atoms with Gasteiger partial charge >= 0.3 is 12.1 Å². The lowest BCUT2D eigenvalue weighted by molar-refractivity contribution is -0.139. The number of esters is 1. The third-order valence-corrected chi connectivity index (χ3v) is 4.30. The molecule has 0 saturated heterocycles. The van der Waals surface area contributed by atoms with Crippen molar-refractivity contribution in [1.82, 2.24) is 0 Å².